The smallest absolute Gasteiger partial charge is 0.306 e. The highest BCUT2D eigenvalue weighted by Crippen LogP contribution is 2.29. The molecule has 3 nitrogen and oxygen atoms in total. The Hall–Kier alpha value is -1.22. The highest BCUT2D eigenvalue weighted by Gasteiger charge is 2.15. The molecule has 17 heavy (non-hydrogen) atoms. The van der Waals surface area contributed by atoms with Crippen molar-refractivity contribution in [2.24, 2.45) is 5.92 Å². The van der Waals surface area contributed by atoms with Gasteiger partial charge in [0.1, 0.15) is 5.75 Å². The van der Waals surface area contributed by atoms with Gasteiger partial charge < -0.3 is 9.84 Å². The van der Waals surface area contributed by atoms with E-state index in [1.165, 1.54) is 0 Å². The minimum atomic E-state index is -0.793. The average Bonchev–Trinajstić information content (AvgIpc) is 2.29. The number of halogens is 1. The van der Waals surface area contributed by atoms with Crippen LogP contribution >= 0.6 is 11.6 Å². The van der Waals surface area contributed by atoms with Crippen LogP contribution in [0.15, 0.2) is 12.1 Å². The van der Waals surface area contributed by atoms with Crippen molar-refractivity contribution >= 4 is 17.6 Å². The van der Waals surface area contributed by atoms with Crippen molar-refractivity contribution in [2.45, 2.75) is 26.7 Å². The summed E-state index contributed by atoms with van der Waals surface area (Å²) in [6.07, 6.45) is 1.32. The van der Waals surface area contributed by atoms with E-state index in [0.717, 1.165) is 17.5 Å². The molecule has 0 aliphatic heterocycles. The van der Waals surface area contributed by atoms with E-state index in [9.17, 15) is 4.79 Å². The van der Waals surface area contributed by atoms with Gasteiger partial charge in [-0.25, -0.2) is 0 Å². The van der Waals surface area contributed by atoms with Crippen LogP contribution in [0.3, 0.4) is 0 Å². The van der Waals surface area contributed by atoms with Crippen molar-refractivity contribution in [2.75, 3.05) is 7.11 Å². The van der Waals surface area contributed by atoms with E-state index in [0.29, 0.717) is 17.2 Å². The fraction of sp³-hybridized carbons (Fsp3) is 0.462. The Kier molecular flexibility index (Phi) is 4.82. The summed E-state index contributed by atoms with van der Waals surface area (Å²) in [5.41, 5.74) is 2.06. The van der Waals surface area contributed by atoms with Crippen LogP contribution in [0.1, 0.15) is 25.0 Å². The van der Waals surface area contributed by atoms with Gasteiger partial charge in [0.2, 0.25) is 0 Å². The standard InChI is InChI=1S/C13H17ClO3/c1-4-9-7-12(17-3)11(14)6-10(9)5-8(2)13(15)16/h6-8H,4-5H2,1-3H3,(H,15,16). The first-order valence-corrected chi connectivity index (χ1v) is 5.95. The van der Waals surface area contributed by atoms with Crippen molar-refractivity contribution in [1.82, 2.24) is 0 Å². The molecule has 1 rings (SSSR count). The number of aliphatic carboxylic acids is 1. The van der Waals surface area contributed by atoms with Crippen LogP contribution in [0.4, 0.5) is 0 Å². The Balaban J connectivity index is 3.06. The first kappa shape index (κ1) is 13.8. The quantitative estimate of drug-likeness (QED) is 0.880. The molecule has 0 aromatic heterocycles. The van der Waals surface area contributed by atoms with Crippen LogP contribution < -0.4 is 4.74 Å². The van der Waals surface area contributed by atoms with Crippen molar-refractivity contribution in [3.05, 3.63) is 28.3 Å². The van der Waals surface area contributed by atoms with E-state index >= 15 is 0 Å². The van der Waals surface area contributed by atoms with Crippen LogP contribution in [0.25, 0.3) is 0 Å². The summed E-state index contributed by atoms with van der Waals surface area (Å²) in [5, 5.41) is 9.44. The summed E-state index contributed by atoms with van der Waals surface area (Å²) >= 11 is 6.05. The summed E-state index contributed by atoms with van der Waals surface area (Å²) < 4.78 is 5.15. The normalized spacial score (nSPS) is 12.2. The maximum absolute atomic E-state index is 10.9. The molecule has 0 aliphatic rings. The molecule has 0 heterocycles. The molecule has 0 amide bonds. The number of carboxylic acids is 1. The third kappa shape index (κ3) is 3.37. The lowest BCUT2D eigenvalue weighted by molar-refractivity contribution is -0.141. The monoisotopic (exact) mass is 256 g/mol. The zero-order valence-electron chi connectivity index (χ0n) is 10.3. The number of hydrogen-bond donors (Lipinski definition) is 1. The lowest BCUT2D eigenvalue weighted by Gasteiger charge is -2.13. The number of carboxylic acid groups (broad SMARTS) is 1. The number of hydrogen-bond acceptors (Lipinski definition) is 2. The summed E-state index contributed by atoms with van der Waals surface area (Å²) in [6.45, 7) is 3.72. The van der Waals surface area contributed by atoms with Crippen LogP contribution in [0, 0.1) is 5.92 Å². The molecule has 1 unspecified atom stereocenters. The van der Waals surface area contributed by atoms with Gasteiger partial charge in [-0.1, -0.05) is 25.4 Å². The van der Waals surface area contributed by atoms with E-state index < -0.39 is 11.9 Å². The molecular weight excluding hydrogens is 240 g/mol. The third-order valence-electron chi connectivity index (χ3n) is 2.80. The molecule has 4 heteroatoms. The molecule has 1 N–H and O–H groups in total. The van der Waals surface area contributed by atoms with Gasteiger partial charge in [0, 0.05) is 0 Å². The summed E-state index contributed by atoms with van der Waals surface area (Å²) in [4.78, 5) is 10.9. The van der Waals surface area contributed by atoms with Crippen LogP contribution in [0.5, 0.6) is 5.75 Å². The van der Waals surface area contributed by atoms with Gasteiger partial charge in [-0.2, -0.15) is 0 Å². The maximum atomic E-state index is 10.9. The second-order valence-corrected chi connectivity index (χ2v) is 4.46. The van der Waals surface area contributed by atoms with Crippen LogP contribution in [-0.2, 0) is 17.6 Å². The van der Waals surface area contributed by atoms with Crippen LogP contribution in [0.2, 0.25) is 5.02 Å². The van der Waals surface area contributed by atoms with Crippen molar-refractivity contribution < 1.29 is 14.6 Å². The number of rotatable bonds is 5. The Morgan fingerprint density at radius 3 is 2.59 bits per heavy atom. The minimum absolute atomic E-state index is 0.412. The molecule has 0 aliphatic carbocycles. The first-order valence-electron chi connectivity index (χ1n) is 5.57. The van der Waals surface area contributed by atoms with Crippen molar-refractivity contribution in [3.63, 3.8) is 0 Å². The fourth-order valence-electron chi connectivity index (χ4n) is 1.73. The van der Waals surface area contributed by atoms with Gasteiger partial charge in [0.15, 0.2) is 0 Å². The Bertz CT molecular complexity index is 415. The topological polar surface area (TPSA) is 46.5 Å². The molecule has 0 bridgehead atoms. The second kappa shape index (κ2) is 5.92. The van der Waals surface area contributed by atoms with Gasteiger partial charge in [0.05, 0.1) is 18.1 Å². The van der Waals surface area contributed by atoms with Gasteiger partial charge in [0.25, 0.3) is 0 Å². The predicted molar refractivity (Wildman–Crippen MR) is 67.9 cm³/mol. The first-order chi connectivity index (χ1) is 7.99. The molecule has 1 aromatic carbocycles. The van der Waals surface area contributed by atoms with Gasteiger partial charge in [-0.05, 0) is 36.1 Å². The molecule has 0 spiro atoms. The molecule has 1 atom stereocenters. The van der Waals surface area contributed by atoms with Crippen LogP contribution in [-0.4, -0.2) is 18.2 Å². The van der Waals surface area contributed by atoms with E-state index in [4.69, 9.17) is 21.4 Å². The van der Waals surface area contributed by atoms with Crippen molar-refractivity contribution in [3.8, 4) is 5.75 Å². The van der Waals surface area contributed by atoms with E-state index in [2.05, 4.69) is 0 Å². The van der Waals surface area contributed by atoms with Crippen molar-refractivity contribution in [1.29, 1.82) is 0 Å². The second-order valence-electron chi connectivity index (χ2n) is 4.05. The van der Waals surface area contributed by atoms with E-state index in [-0.39, 0.29) is 0 Å². The van der Waals surface area contributed by atoms with E-state index in [1.54, 1.807) is 20.1 Å². The summed E-state index contributed by atoms with van der Waals surface area (Å²) in [7, 11) is 1.57. The minimum Gasteiger partial charge on any atom is -0.495 e. The Labute approximate surface area is 106 Å². The number of benzene rings is 1. The van der Waals surface area contributed by atoms with E-state index in [1.807, 2.05) is 13.0 Å². The molecule has 0 fully saturated rings. The lowest BCUT2D eigenvalue weighted by Crippen LogP contribution is -2.13. The fourth-order valence-corrected chi connectivity index (χ4v) is 1.99. The van der Waals surface area contributed by atoms with Gasteiger partial charge >= 0.3 is 5.97 Å². The van der Waals surface area contributed by atoms with Gasteiger partial charge in [-0.15, -0.1) is 0 Å². The number of ether oxygens (including phenoxy) is 1. The highest BCUT2D eigenvalue weighted by molar-refractivity contribution is 6.32. The zero-order chi connectivity index (χ0) is 13.0. The number of methoxy groups -OCH3 is 1. The number of aryl methyl sites for hydroxylation is 1. The Morgan fingerprint density at radius 2 is 2.12 bits per heavy atom. The summed E-state index contributed by atoms with van der Waals surface area (Å²) in [5.74, 6) is -0.570. The molecule has 94 valence electrons. The van der Waals surface area contributed by atoms with Gasteiger partial charge in [-0.3, -0.25) is 4.79 Å². The highest BCUT2D eigenvalue weighted by atomic mass is 35.5. The molecular formula is C13H17ClO3. The largest absolute Gasteiger partial charge is 0.495 e. The summed E-state index contributed by atoms with van der Waals surface area (Å²) in [6, 6.07) is 3.69. The molecule has 0 radical (unpaired) electrons. The zero-order valence-corrected chi connectivity index (χ0v) is 11.0. The lowest BCUT2D eigenvalue weighted by atomic mass is 9.95. The maximum Gasteiger partial charge on any atom is 0.306 e. The molecule has 1 aromatic rings. The molecule has 0 saturated carbocycles. The third-order valence-corrected chi connectivity index (χ3v) is 3.10. The SMILES string of the molecule is CCc1cc(OC)c(Cl)cc1CC(C)C(=O)O. The predicted octanol–water partition coefficient (Wildman–Crippen LogP) is 3.17. The Morgan fingerprint density at radius 1 is 1.47 bits per heavy atom. The average molecular weight is 257 g/mol. The molecule has 0 saturated heterocycles. The number of carbonyl (C=O) groups is 1.